The Kier molecular flexibility index (Phi) is 7.75. The fraction of sp³-hybridized carbons (Fsp3) is 0.520. The minimum Gasteiger partial charge on any atom is -0.353 e. The highest BCUT2D eigenvalue weighted by molar-refractivity contribution is 5.97. The summed E-state index contributed by atoms with van der Waals surface area (Å²) in [5.74, 6) is -0.292. The fourth-order valence-electron chi connectivity index (χ4n) is 4.73. The van der Waals surface area contributed by atoms with Crippen LogP contribution in [0.25, 0.3) is 0 Å². The molecule has 8 nitrogen and oxygen atoms in total. The predicted octanol–water partition coefficient (Wildman–Crippen LogP) is 3.21. The van der Waals surface area contributed by atoms with Crippen molar-refractivity contribution in [1.82, 2.24) is 19.8 Å². The lowest BCUT2D eigenvalue weighted by Gasteiger charge is -2.33. The fourth-order valence-corrected chi connectivity index (χ4v) is 4.73. The zero-order valence-electron chi connectivity index (χ0n) is 19.0. The van der Waals surface area contributed by atoms with E-state index in [1.807, 2.05) is 10.8 Å². The number of aromatic nitrogens is 2. The Bertz CT molecular complexity index is 953. The Morgan fingerprint density at radius 2 is 1.91 bits per heavy atom. The maximum atomic E-state index is 13.1. The van der Waals surface area contributed by atoms with Crippen LogP contribution in [0, 0.1) is 5.92 Å². The van der Waals surface area contributed by atoms with Crippen LogP contribution < -0.4 is 10.6 Å². The topological polar surface area (TPSA) is 96.3 Å². The summed E-state index contributed by atoms with van der Waals surface area (Å²) in [5, 5.41) is 6.08. The van der Waals surface area contributed by atoms with Crippen molar-refractivity contribution in [3.8, 4) is 0 Å². The molecule has 1 aromatic carbocycles. The lowest BCUT2D eigenvalue weighted by Crippen LogP contribution is -2.47. The number of nitrogens with zero attached hydrogens (tertiary/aromatic N) is 3. The number of hydrogen-bond acceptors (Lipinski definition) is 4. The van der Waals surface area contributed by atoms with Crippen molar-refractivity contribution in [2.75, 3.05) is 18.4 Å². The molecule has 1 aliphatic heterocycles. The molecule has 1 aliphatic carbocycles. The first-order chi connectivity index (χ1) is 16.1. The molecule has 0 spiro atoms. The monoisotopic (exact) mass is 451 g/mol. The van der Waals surface area contributed by atoms with Gasteiger partial charge in [0.2, 0.25) is 11.8 Å². The number of likely N-dealkylation sites (tertiary alicyclic amines) is 1. The SMILES string of the molecule is O=C(CCn1ccnc1)Nc1cccc(C(=O)N2CCCC(C(=O)NC3CCCCC3)C2)c1. The van der Waals surface area contributed by atoms with Crippen molar-refractivity contribution in [1.29, 1.82) is 0 Å². The Hall–Kier alpha value is -3.16. The third-order valence-electron chi connectivity index (χ3n) is 6.58. The molecule has 176 valence electrons. The van der Waals surface area contributed by atoms with E-state index in [0.29, 0.717) is 37.3 Å². The van der Waals surface area contributed by atoms with E-state index in [-0.39, 0.29) is 29.7 Å². The van der Waals surface area contributed by atoms with Crippen LogP contribution in [0.1, 0.15) is 61.7 Å². The van der Waals surface area contributed by atoms with Crippen molar-refractivity contribution in [2.45, 2.75) is 64.0 Å². The van der Waals surface area contributed by atoms with Gasteiger partial charge in [0.15, 0.2) is 0 Å². The summed E-state index contributed by atoms with van der Waals surface area (Å²) in [7, 11) is 0. The van der Waals surface area contributed by atoms with Crippen LogP contribution in [-0.4, -0.2) is 51.3 Å². The summed E-state index contributed by atoms with van der Waals surface area (Å²) in [6.45, 7) is 1.63. The predicted molar refractivity (Wildman–Crippen MR) is 126 cm³/mol. The average Bonchev–Trinajstić information content (AvgIpc) is 3.37. The smallest absolute Gasteiger partial charge is 0.253 e. The first-order valence-corrected chi connectivity index (χ1v) is 12.0. The van der Waals surface area contributed by atoms with Gasteiger partial charge in [0, 0.05) is 55.7 Å². The number of carbonyl (C=O) groups is 3. The van der Waals surface area contributed by atoms with E-state index >= 15 is 0 Å². The minimum atomic E-state index is -0.157. The van der Waals surface area contributed by atoms with Crippen LogP contribution in [0.2, 0.25) is 0 Å². The van der Waals surface area contributed by atoms with Crippen LogP contribution in [0.3, 0.4) is 0 Å². The van der Waals surface area contributed by atoms with E-state index < -0.39 is 0 Å². The molecule has 1 atom stereocenters. The van der Waals surface area contributed by atoms with Gasteiger partial charge in [-0.25, -0.2) is 4.98 Å². The molecule has 1 aromatic heterocycles. The Balaban J connectivity index is 1.31. The number of aryl methyl sites for hydroxylation is 1. The number of nitrogens with one attached hydrogen (secondary N) is 2. The quantitative estimate of drug-likeness (QED) is 0.676. The maximum Gasteiger partial charge on any atom is 0.253 e. The second-order valence-corrected chi connectivity index (χ2v) is 9.11. The number of rotatable bonds is 7. The molecule has 0 bridgehead atoms. The second kappa shape index (κ2) is 11.1. The summed E-state index contributed by atoms with van der Waals surface area (Å²) < 4.78 is 1.84. The molecule has 2 heterocycles. The van der Waals surface area contributed by atoms with E-state index in [9.17, 15) is 14.4 Å². The first-order valence-electron chi connectivity index (χ1n) is 12.0. The van der Waals surface area contributed by atoms with Crippen LogP contribution in [-0.2, 0) is 16.1 Å². The summed E-state index contributed by atoms with van der Waals surface area (Å²) in [4.78, 5) is 44.0. The maximum absolute atomic E-state index is 13.1. The molecule has 2 fully saturated rings. The second-order valence-electron chi connectivity index (χ2n) is 9.11. The number of hydrogen-bond donors (Lipinski definition) is 2. The molecule has 2 N–H and O–H groups in total. The van der Waals surface area contributed by atoms with Gasteiger partial charge in [-0.05, 0) is 43.9 Å². The summed E-state index contributed by atoms with van der Waals surface area (Å²) in [5.41, 5.74) is 1.12. The highest BCUT2D eigenvalue weighted by Crippen LogP contribution is 2.22. The summed E-state index contributed by atoms with van der Waals surface area (Å²) >= 11 is 0. The van der Waals surface area contributed by atoms with Crippen LogP contribution in [0.4, 0.5) is 5.69 Å². The molecule has 8 heteroatoms. The highest BCUT2D eigenvalue weighted by Gasteiger charge is 2.30. The third kappa shape index (κ3) is 6.43. The van der Waals surface area contributed by atoms with Gasteiger partial charge in [0.05, 0.1) is 12.2 Å². The molecule has 2 aliphatic rings. The standard InChI is InChI=1S/C25H33N5O3/c31-23(11-14-29-15-12-26-18-29)27-22-10-4-6-19(16-22)25(33)30-13-5-7-20(17-30)24(32)28-21-8-2-1-3-9-21/h4,6,10,12,15-16,18,20-21H,1-3,5,7-9,11,13-14,17H2,(H,27,31)(H,28,32). The van der Waals surface area contributed by atoms with Crippen LogP contribution in [0.15, 0.2) is 43.0 Å². The Morgan fingerprint density at radius 1 is 1.06 bits per heavy atom. The molecule has 2 aromatic rings. The van der Waals surface area contributed by atoms with Crippen molar-refractivity contribution in [3.63, 3.8) is 0 Å². The van der Waals surface area contributed by atoms with Gasteiger partial charge < -0.3 is 20.1 Å². The van der Waals surface area contributed by atoms with Gasteiger partial charge >= 0.3 is 0 Å². The van der Waals surface area contributed by atoms with Crippen LogP contribution in [0.5, 0.6) is 0 Å². The highest BCUT2D eigenvalue weighted by atomic mass is 16.2. The number of anilines is 1. The molecule has 4 rings (SSSR count). The molecule has 3 amide bonds. The van der Waals surface area contributed by atoms with Crippen molar-refractivity contribution in [2.24, 2.45) is 5.92 Å². The summed E-state index contributed by atoms with van der Waals surface area (Å²) in [6, 6.07) is 7.31. The van der Waals surface area contributed by atoms with Crippen molar-refractivity contribution < 1.29 is 14.4 Å². The first kappa shape index (κ1) is 23.0. The van der Waals surface area contributed by atoms with E-state index in [4.69, 9.17) is 0 Å². The van der Waals surface area contributed by atoms with E-state index in [2.05, 4.69) is 15.6 Å². The van der Waals surface area contributed by atoms with Gasteiger partial charge in [-0.15, -0.1) is 0 Å². The van der Waals surface area contributed by atoms with Crippen LogP contribution >= 0.6 is 0 Å². The molecule has 33 heavy (non-hydrogen) atoms. The third-order valence-corrected chi connectivity index (χ3v) is 6.58. The van der Waals surface area contributed by atoms with Gasteiger partial charge in [-0.1, -0.05) is 25.3 Å². The number of piperidine rings is 1. The molecule has 1 saturated carbocycles. The molecule has 0 radical (unpaired) electrons. The van der Waals surface area contributed by atoms with Crippen molar-refractivity contribution in [3.05, 3.63) is 48.5 Å². The molecule has 1 saturated heterocycles. The molecular weight excluding hydrogens is 418 g/mol. The number of imidazole rings is 1. The van der Waals surface area contributed by atoms with Gasteiger partial charge in [-0.3, -0.25) is 14.4 Å². The zero-order chi connectivity index (χ0) is 23.0. The largest absolute Gasteiger partial charge is 0.353 e. The number of amides is 3. The van der Waals surface area contributed by atoms with E-state index in [1.54, 1.807) is 41.7 Å². The van der Waals surface area contributed by atoms with E-state index in [1.165, 1.54) is 19.3 Å². The van der Waals surface area contributed by atoms with E-state index in [0.717, 1.165) is 25.7 Å². The van der Waals surface area contributed by atoms with Gasteiger partial charge in [0.25, 0.3) is 5.91 Å². The number of benzene rings is 1. The zero-order valence-corrected chi connectivity index (χ0v) is 19.0. The Morgan fingerprint density at radius 3 is 2.70 bits per heavy atom. The molecule has 1 unspecified atom stereocenters. The molecular formula is C25H33N5O3. The number of carbonyl (C=O) groups excluding carboxylic acids is 3. The lowest BCUT2D eigenvalue weighted by molar-refractivity contribution is -0.127. The minimum absolute atomic E-state index is 0.0818. The normalized spacial score (nSPS) is 19.2. The average molecular weight is 452 g/mol. The summed E-state index contributed by atoms with van der Waals surface area (Å²) in [6.07, 6.45) is 12.8. The van der Waals surface area contributed by atoms with Crippen molar-refractivity contribution >= 4 is 23.4 Å². The van der Waals surface area contributed by atoms with Gasteiger partial charge in [-0.2, -0.15) is 0 Å². The Labute approximate surface area is 194 Å². The van der Waals surface area contributed by atoms with Gasteiger partial charge in [0.1, 0.15) is 0 Å². The lowest BCUT2D eigenvalue weighted by atomic mass is 9.92.